The molecule has 1 aromatic carbocycles. The van der Waals surface area contributed by atoms with E-state index in [1.165, 1.54) is 7.11 Å². The Morgan fingerprint density at radius 3 is 2.67 bits per heavy atom. The first-order valence-corrected chi connectivity index (χ1v) is 8.32. The maximum atomic E-state index is 12.7. The maximum absolute atomic E-state index is 12.7. The molecule has 1 aliphatic carbocycles. The van der Waals surface area contributed by atoms with Crippen LogP contribution in [0.4, 0.5) is 0 Å². The zero-order chi connectivity index (χ0) is 17.2. The number of hydrogen-bond acceptors (Lipinski definition) is 5. The average molecular weight is 329 g/mol. The Morgan fingerprint density at radius 1 is 1.25 bits per heavy atom. The molecule has 2 aliphatic rings. The second-order valence-electron chi connectivity index (χ2n) is 6.41. The molecule has 1 aliphatic heterocycles. The lowest BCUT2D eigenvalue weighted by molar-refractivity contribution is -0.164. The van der Waals surface area contributed by atoms with E-state index in [1.807, 2.05) is 29.2 Å². The summed E-state index contributed by atoms with van der Waals surface area (Å²) in [7, 11) is 3.03. The van der Waals surface area contributed by atoms with Crippen LogP contribution >= 0.6 is 0 Å². The molecule has 0 bridgehead atoms. The van der Waals surface area contributed by atoms with Gasteiger partial charge in [0.2, 0.25) is 0 Å². The van der Waals surface area contributed by atoms with Crippen molar-refractivity contribution >= 4 is 11.8 Å². The zero-order valence-electron chi connectivity index (χ0n) is 14.2. The standard InChI is InChI=1S/C19H23NO4/c1-23-15-8-6-14(7-9-15)13-20-12-10-17(21)16-5-3-4-11-19(16,20)18(22)24-2/h6-10,12,16H,3-5,11,13H2,1-2H3/t16-,19-/m1/s1. The van der Waals surface area contributed by atoms with E-state index in [1.54, 1.807) is 19.4 Å². The first-order valence-electron chi connectivity index (χ1n) is 8.32. The molecule has 0 N–H and O–H groups in total. The molecule has 0 aromatic heterocycles. The molecule has 1 heterocycles. The van der Waals surface area contributed by atoms with E-state index in [0.29, 0.717) is 13.0 Å². The summed E-state index contributed by atoms with van der Waals surface area (Å²) < 4.78 is 10.3. The number of nitrogens with zero attached hydrogens (tertiary/aromatic N) is 1. The predicted octanol–water partition coefficient (Wildman–Crippen LogP) is 2.70. The van der Waals surface area contributed by atoms with Crippen LogP contribution in [0.2, 0.25) is 0 Å². The third kappa shape index (κ3) is 2.68. The van der Waals surface area contributed by atoms with Crippen molar-refractivity contribution in [1.82, 2.24) is 4.90 Å². The summed E-state index contributed by atoms with van der Waals surface area (Å²) >= 11 is 0. The number of carbonyl (C=O) groups excluding carboxylic acids is 2. The number of methoxy groups -OCH3 is 2. The Balaban J connectivity index is 1.95. The van der Waals surface area contributed by atoms with Crippen molar-refractivity contribution in [3.8, 4) is 5.75 Å². The Labute approximate surface area is 142 Å². The minimum absolute atomic E-state index is 0.0334. The van der Waals surface area contributed by atoms with E-state index in [9.17, 15) is 9.59 Å². The number of allylic oxidation sites excluding steroid dienone is 1. The number of rotatable bonds is 4. The van der Waals surface area contributed by atoms with Crippen LogP contribution in [-0.2, 0) is 20.9 Å². The van der Waals surface area contributed by atoms with Crippen molar-refractivity contribution in [2.45, 2.75) is 37.8 Å². The Hall–Kier alpha value is -2.30. The van der Waals surface area contributed by atoms with Gasteiger partial charge in [0.15, 0.2) is 5.78 Å². The van der Waals surface area contributed by atoms with Crippen molar-refractivity contribution in [1.29, 1.82) is 0 Å². The average Bonchev–Trinajstić information content (AvgIpc) is 2.64. The number of ketones is 1. The van der Waals surface area contributed by atoms with Gasteiger partial charge in [0, 0.05) is 12.7 Å². The fraction of sp³-hybridized carbons (Fsp3) is 0.474. The van der Waals surface area contributed by atoms with E-state index in [-0.39, 0.29) is 17.7 Å². The van der Waals surface area contributed by atoms with E-state index in [2.05, 4.69) is 0 Å². The molecule has 1 aromatic rings. The molecule has 0 saturated heterocycles. The van der Waals surface area contributed by atoms with Crippen LogP contribution in [0.25, 0.3) is 0 Å². The van der Waals surface area contributed by atoms with Gasteiger partial charge in [-0.3, -0.25) is 4.79 Å². The molecule has 5 heteroatoms. The molecular weight excluding hydrogens is 306 g/mol. The minimum Gasteiger partial charge on any atom is -0.497 e. The van der Waals surface area contributed by atoms with Crippen LogP contribution in [0.1, 0.15) is 31.2 Å². The van der Waals surface area contributed by atoms with Crippen LogP contribution in [0.3, 0.4) is 0 Å². The van der Waals surface area contributed by atoms with Gasteiger partial charge in [-0.25, -0.2) is 4.79 Å². The minimum atomic E-state index is -0.876. The summed E-state index contributed by atoms with van der Waals surface area (Å²) in [4.78, 5) is 27.1. The van der Waals surface area contributed by atoms with Gasteiger partial charge in [-0.05, 0) is 36.6 Å². The highest BCUT2D eigenvalue weighted by Gasteiger charge is 2.55. The van der Waals surface area contributed by atoms with E-state index < -0.39 is 5.54 Å². The number of carbonyl (C=O) groups is 2. The van der Waals surface area contributed by atoms with Crippen LogP contribution in [0.5, 0.6) is 5.75 Å². The summed E-state index contributed by atoms with van der Waals surface area (Å²) in [5, 5.41) is 0. The zero-order valence-corrected chi connectivity index (χ0v) is 14.2. The second-order valence-corrected chi connectivity index (χ2v) is 6.41. The van der Waals surface area contributed by atoms with Gasteiger partial charge in [-0.15, -0.1) is 0 Å². The van der Waals surface area contributed by atoms with Crippen molar-refractivity contribution in [3.05, 3.63) is 42.1 Å². The molecule has 128 valence electrons. The number of esters is 1. The van der Waals surface area contributed by atoms with Gasteiger partial charge in [0.05, 0.1) is 20.1 Å². The van der Waals surface area contributed by atoms with Crippen LogP contribution in [-0.4, -0.2) is 36.4 Å². The van der Waals surface area contributed by atoms with Crippen molar-refractivity contribution in [2.75, 3.05) is 14.2 Å². The van der Waals surface area contributed by atoms with Crippen LogP contribution in [0.15, 0.2) is 36.5 Å². The largest absolute Gasteiger partial charge is 0.497 e. The maximum Gasteiger partial charge on any atom is 0.332 e. The number of benzene rings is 1. The first kappa shape index (κ1) is 16.6. The Kier molecular flexibility index (Phi) is 4.60. The summed E-state index contributed by atoms with van der Waals surface area (Å²) in [5.74, 6) is 0.202. The third-order valence-corrected chi connectivity index (χ3v) is 5.20. The van der Waals surface area contributed by atoms with Gasteiger partial charge in [0.1, 0.15) is 11.3 Å². The fourth-order valence-electron chi connectivity index (χ4n) is 3.95. The smallest absolute Gasteiger partial charge is 0.332 e. The SMILES string of the molecule is COC(=O)[C@@]12CCCC[C@@H]1C(=O)C=CN2Cc1ccc(OC)cc1. The normalized spacial score (nSPS) is 26.0. The molecule has 0 unspecified atom stereocenters. The lowest BCUT2D eigenvalue weighted by atomic mass is 9.68. The van der Waals surface area contributed by atoms with Gasteiger partial charge in [0.25, 0.3) is 0 Å². The van der Waals surface area contributed by atoms with E-state index >= 15 is 0 Å². The van der Waals surface area contributed by atoms with E-state index in [4.69, 9.17) is 9.47 Å². The molecular formula is C19H23NO4. The molecule has 1 fully saturated rings. The van der Waals surface area contributed by atoms with Gasteiger partial charge in [-0.2, -0.15) is 0 Å². The van der Waals surface area contributed by atoms with Crippen molar-refractivity contribution in [2.24, 2.45) is 5.92 Å². The molecule has 0 amide bonds. The summed E-state index contributed by atoms with van der Waals surface area (Å²) in [6.45, 7) is 0.555. The molecule has 0 radical (unpaired) electrons. The topological polar surface area (TPSA) is 55.8 Å². The lowest BCUT2D eigenvalue weighted by Crippen LogP contribution is -2.62. The quantitative estimate of drug-likeness (QED) is 0.795. The van der Waals surface area contributed by atoms with Crippen LogP contribution < -0.4 is 4.74 Å². The second kappa shape index (κ2) is 6.67. The summed E-state index contributed by atoms with van der Waals surface area (Å²) in [5.41, 5.74) is 0.182. The molecule has 1 saturated carbocycles. The predicted molar refractivity (Wildman–Crippen MR) is 89.4 cm³/mol. The number of fused-ring (bicyclic) bond motifs is 1. The van der Waals surface area contributed by atoms with Gasteiger partial charge >= 0.3 is 5.97 Å². The highest BCUT2D eigenvalue weighted by atomic mass is 16.5. The van der Waals surface area contributed by atoms with Crippen molar-refractivity contribution < 1.29 is 19.1 Å². The molecule has 3 rings (SSSR count). The van der Waals surface area contributed by atoms with E-state index in [0.717, 1.165) is 30.6 Å². The van der Waals surface area contributed by atoms with Gasteiger partial charge < -0.3 is 14.4 Å². The Morgan fingerprint density at radius 2 is 2.00 bits per heavy atom. The summed E-state index contributed by atoms with van der Waals surface area (Å²) in [6, 6.07) is 7.76. The number of ether oxygens (including phenoxy) is 2. The molecule has 24 heavy (non-hydrogen) atoms. The first-order chi connectivity index (χ1) is 11.6. The molecule has 2 atom stereocenters. The fourth-order valence-corrected chi connectivity index (χ4v) is 3.95. The molecule has 5 nitrogen and oxygen atoms in total. The highest BCUT2D eigenvalue weighted by molar-refractivity contribution is 5.99. The lowest BCUT2D eigenvalue weighted by Gasteiger charge is -2.49. The Bertz CT molecular complexity index is 652. The summed E-state index contributed by atoms with van der Waals surface area (Å²) in [6.07, 6.45) is 6.63. The number of hydrogen-bond donors (Lipinski definition) is 0. The monoisotopic (exact) mass is 329 g/mol. The molecule has 0 spiro atoms. The highest BCUT2D eigenvalue weighted by Crippen LogP contribution is 2.43. The van der Waals surface area contributed by atoms with Crippen molar-refractivity contribution in [3.63, 3.8) is 0 Å². The van der Waals surface area contributed by atoms with Crippen LogP contribution in [0, 0.1) is 5.92 Å². The van der Waals surface area contributed by atoms with Gasteiger partial charge in [-0.1, -0.05) is 25.0 Å². The third-order valence-electron chi connectivity index (χ3n) is 5.20.